The van der Waals surface area contributed by atoms with E-state index in [2.05, 4.69) is 10.3 Å². The van der Waals surface area contributed by atoms with Crippen molar-refractivity contribution in [2.24, 2.45) is 0 Å². The summed E-state index contributed by atoms with van der Waals surface area (Å²) in [6, 6.07) is 0. The summed E-state index contributed by atoms with van der Waals surface area (Å²) in [7, 11) is 0. The summed E-state index contributed by atoms with van der Waals surface area (Å²) in [6.45, 7) is 6.24. The number of nitrogens with one attached hydrogen (secondary N) is 1. The highest BCUT2D eigenvalue weighted by Crippen LogP contribution is 2.23. The molecule has 0 saturated carbocycles. The maximum Gasteiger partial charge on any atom is 0.356 e. The van der Waals surface area contributed by atoms with Crippen molar-refractivity contribution in [1.82, 2.24) is 4.98 Å². The molecule has 1 unspecified atom stereocenters. The molecule has 100 valence electrons. The minimum atomic E-state index is -1.19. The lowest BCUT2D eigenvalue weighted by atomic mass is 10.3. The van der Waals surface area contributed by atoms with Crippen LogP contribution in [0.5, 0.6) is 0 Å². The predicted octanol–water partition coefficient (Wildman–Crippen LogP) is 1.88. The Labute approximate surface area is 109 Å². The maximum absolute atomic E-state index is 11.3. The lowest BCUT2D eigenvalue weighted by Crippen LogP contribution is -2.19. The van der Waals surface area contributed by atoms with E-state index >= 15 is 0 Å². The van der Waals surface area contributed by atoms with E-state index < -0.39 is 5.97 Å². The molecule has 0 amide bonds. The molecular weight excluding hydrogens is 256 g/mol. The third-order valence-corrected chi connectivity index (χ3v) is 3.26. The van der Waals surface area contributed by atoms with Crippen molar-refractivity contribution < 1.29 is 19.4 Å². The van der Waals surface area contributed by atoms with Gasteiger partial charge in [-0.15, -0.1) is 0 Å². The van der Waals surface area contributed by atoms with Crippen molar-refractivity contribution in [1.29, 1.82) is 0 Å². The first-order valence-corrected chi connectivity index (χ1v) is 6.37. The van der Waals surface area contributed by atoms with Gasteiger partial charge in [-0.25, -0.2) is 9.78 Å². The van der Waals surface area contributed by atoms with E-state index in [4.69, 9.17) is 9.84 Å². The molecule has 0 bridgehead atoms. The third kappa shape index (κ3) is 3.78. The molecule has 0 spiro atoms. The SMILES string of the molecule is CCOC(C)CNc1nc(C(=O)O)c(C(C)=O)s1. The zero-order valence-corrected chi connectivity index (χ0v) is 11.3. The van der Waals surface area contributed by atoms with Gasteiger partial charge in [-0.05, 0) is 13.8 Å². The Balaban J connectivity index is 2.76. The van der Waals surface area contributed by atoms with E-state index in [9.17, 15) is 9.59 Å². The summed E-state index contributed by atoms with van der Waals surface area (Å²) in [5, 5.41) is 12.3. The zero-order valence-electron chi connectivity index (χ0n) is 10.5. The van der Waals surface area contributed by atoms with Gasteiger partial charge in [-0.1, -0.05) is 11.3 Å². The predicted molar refractivity (Wildman–Crippen MR) is 68.7 cm³/mol. The second kappa shape index (κ2) is 6.46. The average Bonchev–Trinajstić information content (AvgIpc) is 2.71. The molecule has 0 radical (unpaired) electrons. The molecule has 1 aromatic heterocycles. The Morgan fingerprint density at radius 3 is 2.67 bits per heavy atom. The van der Waals surface area contributed by atoms with Gasteiger partial charge >= 0.3 is 5.97 Å². The fourth-order valence-corrected chi connectivity index (χ4v) is 2.21. The van der Waals surface area contributed by atoms with E-state index in [1.807, 2.05) is 13.8 Å². The average molecular weight is 272 g/mol. The van der Waals surface area contributed by atoms with Gasteiger partial charge in [-0.3, -0.25) is 4.79 Å². The van der Waals surface area contributed by atoms with E-state index in [-0.39, 0.29) is 22.5 Å². The summed E-state index contributed by atoms with van der Waals surface area (Å²) in [5.41, 5.74) is -0.195. The van der Waals surface area contributed by atoms with Crippen molar-refractivity contribution >= 4 is 28.2 Å². The lowest BCUT2D eigenvalue weighted by Gasteiger charge is -2.11. The normalized spacial score (nSPS) is 12.2. The molecule has 1 atom stereocenters. The van der Waals surface area contributed by atoms with E-state index in [0.717, 1.165) is 11.3 Å². The second-order valence-corrected chi connectivity index (χ2v) is 4.70. The number of carboxylic acids is 1. The first kappa shape index (κ1) is 14.6. The van der Waals surface area contributed by atoms with Crippen LogP contribution in [0.3, 0.4) is 0 Å². The van der Waals surface area contributed by atoms with E-state index in [0.29, 0.717) is 18.3 Å². The van der Waals surface area contributed by atoms with Gasteiger partial charge in [0.25, 0.3) is 0 Å². The monoisotopic (exact) mass is 272 g/mol. The van der Waals surface area contributed by atoms with Gasteiger partial charge in [0.2, 0.25) is 0 Å². The maximum atomic E-state index is 11.3. The topological polar surface area (TPSA) is 88.5 Å². The molecule has 0 fully saturated rings. The standard InChI is InChI=1S/C11H16N2O4S/c1-4-17-6(2)5-12-11-13-8(10(15)16)9(18-11)7(3)14/h6H,4-5H2,1-3H3,(H,12,13)(H,15,16). The number of Topliss-reactive ketones (excluding diaryl/α,β-unsaturated/α-hetero) is 1. The third-order valence-electron chi connectivity index (χ3n) is 2.14. The molecule has 0 aliphatic rings. The molecule has 7 heteroatoms. The Hall–Kier alpha value is -1.47. The molecule has 0 saturated heterocycles. The minimum Gasteiger partial charge on any atom is -0.476 e. The fraction of sp³-hybridized carbons (Fsp3) is 0.545. The van der Waals surface area contributed by atoms with Gasteiger partial charge in [0.05, 0.1) is 6.10 Å². The van der Waals surface area contributed by atoms with Gasteiger partial charge in [0.1, 0.15) is 4.88 Å². The number of aromatic nitrogens is 1. The van der Waals surface area contributed by atoms with Gasteiger partial charge in [0.15, 0.2) is 16.6 Å². The molecule has 1 rings (SSSR count). The molecule has 0 aliphatic heterocycles. The number of aromatic carboxylic acids is 1. The number of hydrogen-bond donors (Lipinski definition) is 2. The van der Waals surface area contributed by atoms with E-state index in [1.165, 1.54) is 6.92 Å². The van der Waals surface area contributed by atoms with Crippen molar-refractivity contribution in [3.05, 3.63) is 10.6 Å². The second-order valence-electron chi connectivity index (χ2n) is 3.70. The Kier molecular flexibility index (Phi) is 5.24. The van der Waals surface area contributed by atoms with Crippen LogP contribution >= 0.6 is 11.3 Å². The fourth-order valence-electron chi connectivity index (χ4n) is 1.35. The van der Waals surface area contributed by atoms with Gasteiger partial charge < -0.3 is 15.2 Å². The van der Waals surface area contributed by atoms with Crippen LogP contribution < -0.4 is 5.32 Å². The number of thiazole rings is 1. The first-order chi connectivity index (χ1) is 8.45. The summed E-state index contributed by atoms with van der Waals surface area (Å²) in [5.74, 6) is -1.49. The highest BCUT2D eigenvalue weighted by molar-refractivity contribution is 7.17. The Bertz CT molecular complexity index is 413. The van der Waals surface area contributed by atoms with Crippen LogP contribution in [0.25, 0.3) is 0 Å². The molecule has 18 heavy (non-hydrogen) atoms. The van der Waals surface area contributed by atoms with Crippen LogP contribution in [-0.4, -0.2) is 41.1 Å². The van der Waals surface area contributed by atoms with Crippen molar-refractivity contribution in [2.45, 2.75) is 26.9 Å². The highest BCUT2D eigenvalue weighted by atomic mass is 32.1. The molecule has 1 heterocycles. The molecule has 6 nitrogen and oxygen atoms in total. The first-order valence-electron chi connectivity index (χ1n) is 5.56. The minimum absolute atomic E-state index is 0.00652. The molecule has 0 aliphatic carbocycles. The van der Waals surface area contributed by atoms with Gasteiger partial charge in [-0.2, -0.15) is 0 Å². The lowest BCUT2D eigenvalue weighted by molar-refractivity contribution is 0.0687. The quantitative estimate of drug-likeness (QED) is 0.737. The van der Waals surface area contributed by atoms with Crippen LogP contribution in [0.2, 0.25) is 0 Å². The van der Waals surface area contributed by atoms with Crippen molar-refractivity contribution in [2.75, 3.05) is 18.5 Å². The van der Waals surface area contributed by atoms with Crippen LogP contribution in [0.1, 0.15) is 40.9 Å². The Morgan fingerprint density at radius 1 is 1.56 bits per heavy atom. The Morgan fingerprint density at radius 2 is 2.22 bits per heavy atom. The number of nitrogens with zero attached hydrogens (tertiary/aromatic N) is 1. The summed E-state index contributed by atoms with van der Waals surface area (Å²) in [6.07, 6.45) is -0.00652. The van der Waals surface area contributed by atoms with Crippen LogP contribution in [0.4, 0.5) is 5.13 Å². The molecule has 1 aromatic rings. The van der Waals surface area contributed by atoms with Gasteiger partial charge in [0, 0.05) is 20.1 Å². The number of carbonyl (C=O) groups excluding carboxylic acids is 1. The number of hydrogen-bond acceptors (Lipinski definition) is 6. The number of anilines is 1. The van der Waals surface area contributed by atoms with Crippen molar-refractivity contribution in [3.8, 4) is 0 Å². The van der Waals surface area contributed by atoms with Crippen LogP contribution in [0, 0.1) is 0 Å². The van der Waals surface area contributed by atoms with Crippen LogP contribution in [-0.2, 0) is 4.74 Å². The largest absolute Gasteiger partial charge is 0.476 e. The number of rotatable bonds is 7. The summed E-state index contributed by atoms with van der Waals surface area (Å²) < 4.78 is 5.33. The zero-order chi connectivity index (χ0) is 13.7. The molecular formula is C11H16N2O4S. The number of ether oxygens (including phenoxy) is 1. The van der Waals surface area contributed by atoms with Crippen LogP contribution in [0.15, 0.2) is 0 Å². The summed E-state index contributed by atoms with van der Waals surface area (Å²) >= 11 is 1.05. The number of carbonyl (C=O) groups is 2. The molecule has 0 aromatic carbocycles. The molecule has 2 N–H and O–H groups in total. The number of carboxylic acid groups (broad SMARTS) is 1. The highest BCUT2D eigenvalue weighted by Gasteiger charge is 2.20. The summed E-state index contributed by atoms with van der Waals surface area (Å²) in [4.78, 5) is 26.3. The number of ketones is 1. The smallest absolute Gasteiger partial charge is 0.356 e. The van der Waals surface area contributed by atoms with E-state index in [1.54, 1.807) is 0 Å². The van der Waals surface area contributed by atoms with Crippen molar-refractivity contribution in [3.63, 3.8) is 0 Å².